The summed E-state index contributed by atoms with van der Waals surface area (Å²) in [6.45, 7) is 0.204. The van der Waals surface area contributed by atoms with Gasteiger partial charge in [-0.05, 0) is 12.0 Å². The van der Waals surface area contributed by atoms with Crippen molar-refractivity contribution in [2.24, 2.45) is 10.9 Å². The number of amides is 4. The van der Waals surface area contributed by atoms with Crippen molar-refractivity contribution >= 4 is 69.5 Å². The van der Waals surface area contributed by atoms with Crippen LogP contribution < -0.4 is 22.1 Å². The van der Waals surface area contributed by atoms with Crippen molar-refractivity contribution in [2.45, 2.75) is 17.8 Å². The molecule has 0 spiro atoms. The first kappa shape index (κ1) is 21.9. The molecule has 0 radical (unpaired) electrons. The number of carbonyl (C=O) groups is 4. The molecule has 2 aliphatic rings. The van der Waals surface area contributed by atoms with E-state index in [0.29, 0.717) is 17.7 Å². The van der Waals surface area contributed by atoms with Crippen LogP contribution in [0.2, 0.25) is 0 Å². The minimum Gasteiger partial charge on any atom is -0.410 e. The van der Waals surface area contributed by atoms with E-state index in [1.807, 2.05) is 0 Å². The summed E-state index contributed by atoms with van der Waals surface area (Å²) in [6, 6.07) is -1.62. The highest BCUT2D eigenvalue weighted by Crippen LogP contribution is 2.41. The van der Waals surface area contributed by atoms with E-state index in [4.69, 9.17) is 11.5 Å². The summed E-state index contributed by atoms with van der Waals surface area (Å²) in [7, 11) is 0. The average molecular weight is 472 g/mol. The van der Waals surface area contributed by atoms with Crippen LogP contribution in [0.15, 0.2) is 21.8 Å². The molecule has 3 heterocycles. The first-order valence-corrected chi connectivity index (χ1v) is 10.8. The molecule has 1 saturated heterocycles. The molecular formula is C15H17N7O5S3. The van der Waals surface area contributed by atoms with Crippen LogP contribution in [-0.4, -0.2) is 67.5 Å². The van der Waals surface area contributed by atoms with Gasteiger partial charge in [0.2, 0.25) is 5.12 Å². The maximum absolute atomic E-state index is 12.7. The monoisotopic (exact) mass is 471 g/mol. The number of hydrogen-bond donors (Lipinski definition) is 6. The molecule has 1 fully saturated rings. The van der Waals surface area contributed by atoms with Crippen molar-refractivity contribution in [2.75, 3.05) is 18.0 Å². The molecule has 0 saturated carbocycles. The Morgan fingerprint density at radius 2 is 2.17 bits per heavy atom. The summed E-state index contributed by atoms with van der Waals surface area (Å²) in [5.74, 6) is -0.916. The van der Waals surface area contributed by atoms with Crippen molar-refractivity contribution in [3.05, 3.63) is 22.3 Å². The predicted molar refractivity (Wildman–Crippen MR) is 113 cm³/mol. The number of aromatic nitrogens is 1. The van der Waals surface area contributed by atoms with Gasteiger partial charge in [0.1, 0.15) is 17.1 Å². The zero-order valence-corrected chi connectivity index (χ0v) is 17.7. The van der Waals surface area contributed by atoms with Gasteiger partial charge >= 0.3 is 6.03 Å². The molecule has 7 N–H and O–H groups in total. The fourth-order valence-corrected chi connectivity index (χ4v) is 5.23. The maximum atomic E-state index is 12.7. The zero-order valence-electron chi connectivity index (χ0n) is 15.2. The molecule has 2 aliphatic heterocycles. The number of thiazole rings is 1. The third-order valence-corrected chi connectivity index (χ3v) is 6.57. The van der Waals surface area contributed by atoms with Gasteiger partial charge in [0.25, 0.3) is 11.8 Å². The number of anilines is 1. The number of nitrogen functional groups attached to an aromatic ring is 1. The normalized spacial score (nSPS) is 21.0. The second-order valence-corrected chi connectivity index (χ2v) is 8.58. The van der Waals surface area contributed by atoms with E-state index in [9.17, 15) is 24.4 Å². The second-order valence-electron chi connectivity index (χ2n) is 6.18. The molecule has 0 bridgehead atoms. The molecule has 0 aromatic carbocycles. The number of thioether (sulfide) groups is 1. The molecule has 1 unspecified atom stereocenters. The summed E-state index contributed by atoms with van der Waals surface area (Å²) < 4.78 is 0. The maximum Gasteiger partial charge on any atom is 0.312 e. The van der Waals surface area contributed by atoms with Crippen LogP contribution in [-0.2, 0) is 14.4 Å². The number of nitrogens with one attached hydrogen (secondary N) is 2. The number of urea groups is 1. The molecule has 15 heteroatoms. The van der Waals surface area contributed by atoms with E-state index in [-0.39, 0.29) is 28.8 Å². The fourth-order valence-electron chi connectivity index (χ4n) is 3.03. The topological polar surface area (TPSA) is 193 Å². The molecule has 30 heavy (non-hydrogen) atoms. The summed E-state index contributed by atoms with van der Waals surface area (Å²) in [5, 5.41) is 17.6. The zero-order chi connectivity index (χ0) is 22.0. The average Bonchev–Trinajstić information content (AvgIpc) is 3.11. The predicted octanol–water partition coefficient (Wildman–Crippen LogP) is -0.928. The first-order chi connectivity index (χ1) is 14.2. The number of hydrogen-bond acceptors (Lipinski definition) is 10. The van der Waals surface area contributed by atoms with Gasteiger partial charge in [0.15, 0.2) is 10.8 Å². The van der Waals surface area contributed by atoms with E-state index in [1.165, 1.54) is 22.0 Å². The van der Waals surface area contributed by atoms with Crippen molar-refractivity contribution in [1.82, 2.24) is 20.5 Å². The van der Waals surface area contributed by atoms with Gasteiger partial charge < -0.3 is 27.3 Å². The minimum atomic E-state index is -0.928. The van der Waals surface area contributed by atoms with E-state index in [0.717, 1.165) is 11.3 Å². The largest absolute Gasteiger partial charge is 0.410 e. The summed E-state index contributed by atoms with van der Waals surface area (Å²) in [5.41, 5.74) is 11.0. The number of carbonyl (C=O) groups excluding carboxylic acids is 4. The molecule has 1 aromatic rings. The van der Waals surface area contributed by atoms with Crippen molar-refractivity contribution in [3.8, 4) is 0 Å². The first-order valence-electron chi connectivity index (χ1n) is 8.42. The molecule has 1 aromatic heterocycles. The highest BCUT2D eigenvalue weighted by molar-refractivity contribution is 8.00. The molecule has 4 amide bonds. The van der Waals surface area contributed by atoms with Crippen molar-refractivity contribution < 1.29 is 24.4 Å². The number of rotatable bonds is 7. The second kappa shape index (κ2) is 8.93. The lowest BCUT2D eigenvalue weighted by atomic mass is 10.0. The summed E-state index contributed by atoms with van der Waals surface area (Å²) in [4.78, 5) is 53.2. The Kier molecular flexibility index (Phi) is 6.52. The van der Waals surface area contributed by atoms with Crippen molar-refractivity contribution in [1.29, 1.82) is 0 Å². The molecule has 12 nitrogen and oxygen atoms in total. The van der Waals surface area contributed by atoms with Crippen LogP contribution in [0, 0.1) is 0 Å². The summed E-state index contributed by atoms with van der Waals surface area (Å²) >= 11 is 6.27. The van der Waals surface area contributed by atoms with E-state index >= 15 is 0 Å². The lowest BCUT2D eigenvalue weighted by Crippen LogP contribution is -2.70. The Morgan fingerprint density at radius 3 is 2.73 bits per heavy atom. The van der Waals surface area contributed by atoms with Gasteiger partial charge in [-0.2, -0.15) is 0 Å². The number of β-lactam (4-membered cyclic amide) rings is 1. The number of fused-ring (bicyclic) bond motifs is 1. The SMILES string of the molecule is NC(=O)NCCC1=C(C(=O)S)N2C(=O)C(NC(=O)/C(=N\O)c3csc(N)n3)[C@H]2SC1. The Labute approximate surface area is 183 Å². The third kappa shape index (κ3) is 4.22. The number of nitrogens with two attached hydrogens (primary N) is 2. The van der Waals surface area contributed by atoms with Gasteiger partial charge in [-0.1, -0.05) is 17.8 Å². The lowest BCUT2D eigenvalue weighted by molar-refractivity contribution is -0.146. The van der Waals surface area contributed by atoms with Crippen LogP contribution in [0.1, 0.15) is 12.1 Å². The molecule has 3 rings (SSSR count). The number of primary amides is 1. The fraction of sp³-hybridized carbons (Fsp3) is 0.333. The summed E-state index contributed by atoms with van der Waals surface area (Å²) in [6.07, 6.45) is 0.317. The number of oxime groups is 1. The van der Waals surface area contributed by atoms with Gasteiger partial charge in [-0.3, -0.25) is 19.3 Å². The smallest absolute Gasteiger partial charge is 0.312 e. The van der Waals surface area contributed by atoms with Gasteiger partial charge in [0.05, 0.1) is 5.70 Å². The van der Waals surface area contributed by atoms with Gasteiger partial charge in [0, 0.05) is 17.7 Å². The van der Waals surface area contributed by atoms with Crippen LogP contribution in [0.5, 0.6) is 0 Å². The minimum absolute atomic E-state index is 0.0767. The van der Waals surface area contributed by atoms with Crippen LogP contribution in [0.25, 0.3) is 0 Å². The quantitative estimate of drug-likeness (QED) is 0.0965. The van der Waals surface area contributed by atoms with Crippen LogP contribution in [0.3, 0.4) is 0 Å². The van der Waals surface area contributed by atoms with Crippen molar-refractivity contribution in [3.63, 3.8) is 0 Å². The van der Waals surface area contributed by atoms with E-state index < -0.39 is 34.4 Å². The molecule has 2 atom stereocenters. The molecule has 160 valence electrons. The van der Waals surface area contributed by atoms with E-state index in [2.05, 4.69) is 33.4 Å². The Balaban J connectivity index is 1.73. The standard InChI is InChI=1S/C15H17N7O5S3/c16-14(26)18-2-1-5-3-29-12-8(11(24)22(12)9(5)13(25)28)20-10(23)7(21-27)6-4-30-15(17)19-6/h4,8,12,27H,1-3H2,(H2,17,19)(H,20,23)(H,25,28)(H3,16,18,26)/b21-7-/t8?,12-/m1/s1. The van der Waals surface area contributed by atoms with E-state index in [1.54, 1.807) is 0 Å². The number of thiol groups is 1. The Hall–Kier alpha value is -2.78. The van der Waals surface area contributed by atoms with Gasteiger partial charge in [-0.25, -0.2) is 9.78 Å². The highest BCUT2D eigenvalue weighted by atomic mass is 32.2. The highest BCUT2D eigenvalue weighted by Gasteiger charge is 2.53. The molecule has 0 aliphatic carbocycles. The Bertz CT molecular complexity index is 976. The lowest BCUT2D eigenvalue weighted by Gasteiger charge is -2.49. The van der Waals surface area contributed by atoms with Gasteiger partial charge in [-0.15, -0.1) is 23.1 Å². The third-order valence-electron chi connectivity index (χ3n) is 4.34. The van der Waals surface area contributed by atoms with Crippen LogP contribution in [0.4, 0.5) is 9.93 Å². The van der Waals surface area contributed by atoms with Crippen LogP contribution >= 0.6 is 35.7 Å². The Morgan fingerprint density at radius 1 is 1.43 bits per heavy atom. The number of nitrogens with zero attached hydrogens (tertiary/aromatic N) is 3. The molecular weight excluding hydrogens is 454 g/mol.